The Morgan fingerprint density at radius 2 is 2.09 bits per heavy atom. The summed E-state index contributed by atoms with van der Waals surface area (Å²) in [7, 11) is 0. The maximum Gasteiger partial charge on any atom is 0.127 e. The lowest BCUT2D eigenvalue weighted by atomic mass is 10.1. The van der Waals surface area contributed by atoms with E-state index in [1.54, 1.807) is 6.26 Å². The summed E-state index contributed by atoms with van der Waals surface area (Å²) in [5, 5.41) is 3.83. The molecule has 58 valence electrons. The molecule has 11 heavy (non-hydrogen) atoms. The minimum atomic E-state index is 0.764. The van der Waals surface area contributed by atoms with E-state index in [4.69, 9.17) is 4.52 Å². The predicted octanol–water partition coefficient (Wildman–Crippen LogP) is 2.13. The first-order chi connectivity index (χ1) is 5.38. The predicted molar refractivity (Wildman–Crippen MR) is 44.3 cm³/mol. The molecule has 0 aromatic carbocycles. The van der Waals surface area contributed by atoms with Crippen LogP contribution in [0.3, 0.4) is 0 Å². The van der Waals surface area contributed by atoms with Crippen LogP contribution in [0.5, 0.6) is 0 Å². The third-order valence-corrected chi connectivity index (χ3v) is 1.43. The van der Waals surface area contributed by atoms with Crippen molar-refractivity contribution in [2.75, 3.05) is 0 Å². The Balaban J connectivity index is 2.76. The topological polar surface area (TPSA) is 26.0 Å². The van der Waals surface area contributed by atoms with Crippen molar-refractivity contribution in [2.45, 2.75) is 12.8 Å². The zero-order valence-electron chi connectivity index (χ0n) is 6.42. The average Bonchev–Trinajstić information content (AvgIpc) is 2.39. The first-order valence-electron chi connectivity index (χ1n) is 3.52. The molecule has 0 bridgehead atoms. The van der Waals surface area contributed by atoms with Gasteiger partial charge >= 0.3 is 0 Å². The van der Waals surface area contributed by atoms with Gasteiger partial charge in [-0.15, -0.1) is 13.2 Å². The van der Waals surface area contributed by atoms with Crippen molar-refractivity contribution in [3.05, 3.63) is 42.8 Å². The highest BCUT2D eigenvalue weighted by atomic mass is 16.5. The molecule has 0 aliphatic heterocycles. The molecule has 0 saturated carbocycles. The molecule has 2 nitrogen and oxygen atoms in total. The van der Waals surface area contributed by atoms with Crippen LogP contribution in [0.15, 0.2) is 36.1 Å². The summed E-state index contributed by atoms with van der Waals surface area (Å²) < 4.78 is 4.81. The highest BCUT2D eigenvalue weighted by molar-refractivity contribution is 5.19. The van der Waals surface area contributed by atoms with Crippen LogP contribution >= 0.6 is 0 Å². The van der Waals surface area contributed by atoms with Crippen LogP contribution in [-0.4, -0.2) is 5.16 Å². The SMILES string of the molecule is C=CCc1conc1CC=C. The monoisotopic (exact) mass is 149 g/mol. The molecule has 1 aromatic rings. The van der Waals surface area contributed by atoms with E-state index in [-0.39, 0.29) is 0 Å². The summed E-state index contributed by atoms with van der Waals surface area (Å²) in [6.07, 6.45) is 6.87. The normalized spacial score (nSPS) is 9.45. The zero-order chi connectivity index (χ0) is 8.10. The Hall–Kier alpha value is -1.31. The molecule has 1 heterocycles. The van der Waals surface area contributed by atoms with Gasteiger partial charge in [-0.25, -0.2) is 0 Å². The minimum absolute atomic E-state index is 0.764. The Morgan fingerprint density at radius 3 is 2.73 bits per heavy atom. The van der Waals surface area contributed by atoms with Crippen molar-refractivity contribution in [1.29, 1.82) is 0 Å². The van der Waals surface area contributed by atoms with Gasteiger partial charge in [0.25, 0.3) is 0 Å². The molecule has 0 fully saturated rings. The van der Waals surface area contributed by atoms with Crippen LogP contribution in [0.1, 0.15) is 11.3 Å². The molecule has 1 rings (SSSR count). The van der Waals surface area contributed by atoms with E-state index in [0.29, 0.717) is 0 Å². The second-order valence-electron chi connectivity index (χ2n) is 2.27. The van der Waals surface area contributed by atoms with E-state index in [1.807, 2.05) is 12.2 Å². The zero-order valence-corrected chi connectivity index (χ0v) is 6.42. The smallest absolute Gasteiger partial charge is 0.127 e. The Morgan fingerprint density at radius 1 is 1.36 bits per heavy atom. The van der Waals surface area contributed by atoms with Crippen molar-refractivity contribution in [3.8, 4) is 0 Å². The fraction of sp³-hybridized carbons (Fsp3) is 0.222. The molecule has 0 aliphatic carbocycles. The van der Waals surface area contributed by atoms with Gasteiger partial charge in [-0.1, -0.05) is 17.3 Å². The van der Waals surface area contributed by atoms with Gasteiger partial charge in [-0.3, -0.25) is 0 Å². The van der Waals surface area contributed by atoms with Gasteiger partial charge in [0.2, 0.25) is 0 Å². The molecule has 0 N–H and O–H groups in total. The lowest BCUT2D eigenvalue weighted by Gasteiger charge is -1.90. The van der Waals surface area contributed by atoms with Gasteiger partial charge in [0.15, 0.2) is 0 Å². The summed E-state index contributed by atoms with van der Waals surface area (Å²) in [5.41, 5.74) is 2.06. The van der Waals surface area contributed by atoms with Crippen molar-refractivity contribution < 1.29 is 4.52 Å². The van der Waals surface area contributed by atoms with E-state index in [2.05, 4.69) is 18.3 Å². The summed E-state index contributed by atoms with van der Waals surface area (Å²) in [5.74, 6) is 0. The fourth-order valence-electron chi connectivity index (χ4n) is 0.907. The molecule has 0 radical (unpaired) electrons. The molecular weight excluding hydrogens is 138 g/mol. The summed E-state index contributed by atoms with van der Waals surface area (Å²) in [4.78, 5) is 0. The van der Waals surface area contributed by atoms with Gasteiger partial charge < -0.3 is 4.52 Å². The highest BCUT2D eigenvalue weighted by Gasteiger charge is 2.02. The van der Waals surface area contributed by atoms with E-state index in [1.165, 1.54) is 0 Å². The standard InChI is InChI=1S/C9H11NO/c1-3-5-8-7-11-10-9(8)6-4-2/h3-4,7H,1-2,5-6H2. The van der Waals surface area contributed by atoms with E-state index in [9.17, 15) is 0 Å². The first kappa shape index (κ1) is 7.79. The van der Waals surface area contributed by atoms with E-state index in [0.717, 1.165) is 24.1 Å². The van der Waals surface area contributed by atoms with E-state index < -0.39 is 0 Å². The van der Waals surface area contributed by atoms with Crippen LogP contribution < -0.4 is 0 Å². The van der Waals surface area contributed by atoms with Crippen LogP contribution in [-0.2, 0) is 12.8 Å². The highest BCUT2D eigenvalue weighted by Crippen LogP contribution is 2.08. The first-order valence-corrected chi connectivity index (χ1v) is 3.52. The fourth-order valence-corrected chi connectivity index (χ4v) is 0.907. The molecule has 0 atom stereocenters. The maximum atomic E-state index is 4.81. The number of rotatable bonds is 4. The van der Waals surface area contributed by atoms with Crippen LogP contribution in [0.4, 0.5) is 0 Å². The average molecular weight is 149 g/mol. The summed E-state index contributed by atoms with van der Waals surface area (Å²) in [6.45, 7) is 7.27. The van der Waals surface area contributed by atoms with Crippen molar-refractivity contribution >= 4 is 0 Å². The molecule has 0 amide bonds. The van der Waals surface area contributed by atoms with Crippen molar-refractivity contribution in [3.63, 3.8) is 0 Å². The van der Waals surface area contributed by atoms with Gasteiger partial charge in [0.05, 0.1) is 5.69 Å². The number of aromatic nitrogens is 1. The van der Waals surface area contributed by atoms with Crippen LogP contribution in [0.2, 0.25) is 0 Å². The maximum absolute atomic E-state index is 4.81. The largest absolute Gasteiger partial charge is 0.364 e. The number of nitrogens with zero attached hydrogens (tertiary/aromatic N) is 1. The van der Waals surface area contributed by atoms with Crippen LogP contribution in [0.25, 0.3) is 0 Å². The third-order valence-electron chi connectivity index (χ3n) is 1.43. The van der Waals surface area contributed by atoms with Gasteiger partial charge in [0.1, 0.15) is 6.26 Å². The number of hydrogen-bond acceptors (Lipinski definition) is 2. The van der Waals surface area contributed by atoms with Gasteiger partial charge in [0, 0.05) is 12.0 Å². The van der Waals surface area contributed by atoms with Crippen LogP contribution in [0, 0.1) is 0 Å². The van der Waals surface area contributed by atoms with Crippen molar-refractivity contribution in [1.82, 2.24) is 5.16 Å². The molecule has 1 aromatic heterocycles. The molecular formula is C9H11NO. The lowest BCUT2D eigenvalue weighted by Crippen LogP contribution is -1.87. The number of hydrogen-bond donors (Lipinski definition) is 0. The van der Waals surface area contributed by atoms with Gasteiger partial charge in [-0.2, -0.15) is 0 Å². The molecule has 0 spiro atoms. The molecule has 0 aliphatic rings. The van der Waals surface area contributed by atoms with E-state index >= 15 is 0 Å². The molecule has 2 heteroatoms. The summed E-state index contributed by atoms with van der Waals surface area (Å²) >= 11 is 0. The Bertz CT molecular complexity index is 225. The number of allylic oxidation sites excluding steroid dienone is 2. The lowest BCUT2D eigenvalue weighted by molar-refractivity contribution is 0.413. The Labute approximate surface area is 66.2 Å². The quantitative estimate of drug-likeness (QED) is 0.613. The second-order valence-corrected chi connectivity index (χ2v) is 2.27. The minimum Gasteiger partial charge on any atom is -0.364 e. The summed E-state index contributed by atoms with van der Waals surface area (Å²) in [6, 6.07) is 0. The molecule has 0 unspecified atom stereocenters. The third kappa shape index (κ3) is 1.80. The Kier molecular flexibility index (Phi) is 2.66. The van der Waals surface area contributed by atoms with Crippen molar-refractivity contribution in [2.24, 2.45) is 0 Å². The molecule has 0 saturated heterocycles. The van der Waals surface area contributed by atoms with Gasteiger partial charge in [-0.05, 0) is 6.42 Å². The second kappa shape index (κ2) is 3.76.